The molecule has 0 saturated carbocycles. The molecular weight excluding hydrogens is 456 g/mol. The summed E-state index contributed by atoms with van der Waals surface area (Å²) in [5.41, 5.74) is 1.60. The highest BCUT2D eigenvalue weighted by Crippen LogP contribution is 2.24. The van der Waals surface area contributed by atoms with Gasteiger partial charge in [0.15, 0.2) is 0 Å². The molecule has 1 heterocycles. The minimum Gasteiger partial charge on any atom is -0.478 e. The molecular formula is C21H17BrN2O4S. The smallest absolute Gasteiger partial charge is 0.440 e. The van der Waals surface area contributed by atoms with E-state index in [1.54, 1.807) is 25.1 Å². The highest BCUT2D eigenvalue weighted by molar-refractivity contribution is 9.10. The molecule has 29 heavy (non-hydrogen) atoms. The van der Waals surface area contributed by atoms with Gasteiger partial charge in [-0.3, -0.25) is 9.74 Å². The lowest BCUT2D eigenvalue weighted by atomic mass is 10.1. The van der Waals surface area contributed by atoms with Gasteiger partial charge in [-0.15, -0.1) is 11.3 Å². The summed E-state index contributed by atoms with van der Waals surface area (Å²) in [5.74, 6) is -1.13. The Morgan fingerprint density at radius 2 is 1.83 bits per heavy atom. The highest BCUT2D eigenvalue weighted by atomic mass is 79.9. The molecule has 0 unspecified atom stereocenters. The van der Waals surface area contributed by atoms with Crippen LogP contribution in [0, 0.1) is 0 Å². The summed E-state index contributed by atoms with van der Waals surface area (Å²) in [4.78, 5) is 31.8. The molecule has 0 aliphatic rings. The predicted octanol–water partition coefficient (Wildman–Crippen LogP) is 5.78. The van der Waals surface area contributed by atoms with Crippen LogP contribution in [-0.4, -0.2) is 22.9 Å². The molecule has 1 amide bonds. The monoisotopic (exact) mass is 472 g/mol. The van der Waals surface area contributed by atoms with Crippen LogP contribution in [0.3, 0.4) is 0 Å². The first-order valence-electron chi connectivity index (χ1n) is 8.59. The van der Waals surface area contributed by atoms with E-state index >= 15 is 0 Å². The van der Waals surface area contributed by atoms with E-state index in [1.165, 1.54) is 22.3 Å². The predicted molar refractivity (Wildman–Crippen MR) is 117 cm³/mol. The first-order valence-corrected chi connectivity index (χ1v) is 10.3. The van der Waals surface area contributed by atoms with E-state index in [9.17, 15) is 14.7 Å². The quantitative estimate of drug-likeness (QED) is 0.280. The number of benzene rings is 2. The van der Waals surface area contributed by atoms with Crippen LogP contribution in [0.15, 0.2) is 75.7 Å². The Bertz CT molecular complexity index is 1030. The van der Waals surface area contributed by atoms with Gasteiger partial charge in [-0.25, -0.2) is 9.59 Å². The Morgan fingerprint density at radius 3 is 2.48 bits per heavy atom. The topological polar surface area (TPSA) is 79.2 Å². The van der Waals surface area contributed by atoms with E-state index in [4.69, 9.17) is 4.84 Å². The number of carbonyl (C=O) groups excluding carboxylic acids is 1. The van der Waals surface area contributed by atoms with Crippen molar-refractivity contribution in [2.75, 3.05) is 4.90 Å². The zero-order valence-corrected chi connectivity index (χ0v) is 17.8. The number of amides is 1. The van der Waals surface area contributed by atoms with Gasteiger partial charge in [0.2, 0.25) is 0 Å². The molecule has 8 heteroatoms. The fourth-order valence-electron chi connectivity index (χ4n) is 2.60. The molecule has 0 aliphatic heterocycles. The molecule has 0 radical (unpaired) electrons. The first kappa shape index (κ1) is 20.8. The third kappa shape index (κ3) is 5.30. The van der Waals surface area contributed by atoms with Gasteiger partial charge in [-0.1, -0.05) is 51.4 Å². The van der Waals surface area contributed by atoms with Crippen molar-refractivity contribution in [3.63, 3.8) is 0 Å². The standard InChI is InChI=1S/C21H17BrN2O4S/c1-14(19-7-4-12-29-19)23-28-21(27)24(13-15-8-10-16(22)11-9-15)18-6-3-2-5-17(18)20(25)26/h2-12H,13H2,1H3,(H,25,26)/b23-14-. The van der Waals surface area contributed by atoms with E-state index in [1.807, 2.05) is 41.8 Å². The van der Waals surface area contributed by atoms with Gasteiger partial charge < -0.3 is 5.11 Å². The number of anilines is 1. The van der Waals surface area contributed by atoms with Crippen molar-refractivity contribution >= 4 is 50.7 Å². The summed E-state index contributed by atoms with van der Waals surface area (Å²) in [6.45, 7) is 1.87. The van der Waals surface area contributed by atoms with Crippen LogP contribution in [0.2, 0.25) is 0 Å². The van der Waals surface area contributed by atoms with Crippen LogP contribution in [0.5, 0.6) is 0 Å². The van der Waals surface area contributed by atoms with Crippen LogP contribution < -0.4 is 4.90 Å². The summed E-state index contributed by atoms with van der Waals surface area (Å²) in [6.07, 6.45) is -0.766. The van der Waals surface area contributed by atoms with E-state index < -0.39 is 12.1 Å². The van der Waals surface area contributed by atoms with Crippen molar-refractivity contribution in [1.29, 1.82) is 0 Å². The summed E-state index contributed by atoms with van der Waals surface area (Å²) in [7, 11) is 0. The van der Waals surface area contributed by atoms with Crippen LogP contribution in [0.1, 0.15) is 27.7 Å². The summed E-state index contributed by atoms with van der Waals surface area (Å²) in [5, 5.41) is 15.4. The Labute approximate surface area is 180 Å². The second kappa shape index (κ2) is 9.49. The molecule has 6 nitrogen and oxygen atoms in total. The number of hydrogen-bond donors (Lipinski definition) is 1. The first-order chi connectivity index (χ1) is 14.0. The molecule has 0 bridgehead atoms. The number of para-hydroxylation sites is 1. The maximum absolute atomic E-state index is 12.9. The molecule has 0 saturated heterocycles. The number of carboxylic acids is 1. The molecule has 148 valence electrons. The third-order valence-corrected chi connectivity index (χ3v) is 5.55. The molecule has 3 aromatic rings. The van der Waals surface area contributed by atoms with Crippen LogP contribution in [-0.2, 0) is 11.4 Å². The van der Waals surface area contributed by atoms with Crippen LogP contribution in [0.25, 0.3) is 0 Å². The Morgan fingerprint density at radius 1 is 1.10 bits per heavy atom. The van der Waals surface area contributed by atoms with Gasteiger partial charge in [0.25, 0.3) is 0 Å². The number of rotatable bonds is 6. The zero-order chi connectivity index (χ0) is 20.8. The lowest BCUT2D eigenvalue weighted by Crippen LogP contribution is -2.31. The second-order valence-corrected chi connectivity index (χ2v) is 7.91. The van der Waals surface area contributed by atoms with Crippen molar-refractivity contribution in [1.82, 2.24) is 0 Å². The normalized spacial score (nSPS) is 11.2. The number of carboxylic acid groups (broad SMARTS) is 1. The summed E-state index contributed by atoms with van der Waals surface area (Å²) in [6, 6.07) is 17.4. The van der Waals surface area contributed by atoms with Gasteiger partial charge >= 0.3 is 12.1 Å². The van der Waals surface area contributed by atoms with Crippen molar-refractivity contribution in [3.05, 3.63) is 86.5 Å². The molecule has 2 aromatic carbocycles. The lowest BCUT2D eigenvalue weighted by Gasteiger charge is -2.22. The number of aromatic carboxylic acids is 1. The SMILES string of the molecule is C/C(=N/OC(=O)N(Cc1ccc(Br)cc1)c1ccccc1C(=O)O)c1cccs1. The van der Waals surface area contributed by atoms with Crippen molar-refractivity contribution in [2.45, 2.75) is 13.5 Å². The molecule has 0 fully saturated rings. The number of nitrogens with zero attached hydrogens (tertiary/aromatic N) is 2. The van der Waals surface area contributed by atoms with Gasteiger partial charge in [-0.2, -0.15) is 0 Å². The Balaban J connectivity index is 1.92. The van der Waals surface area contributed by atoms with Crippen LogP contribution in [0.4, 0.5) is 10.5 Å². The van der Waals surface area contributed by atoms with Crippen molar-refractivity contribution < 1.29 is 19.5 Å². The molecule has 0 spiro atoms. The zero-order valence-electron chi connectivity index (χ0n) is 15.4. The number of thiophene rings is 1. The van der Waals surface area contributed by atoms with E-state index in [-0.39, 0.29) is 17.8 Å². The number of halogens is 1. The summed E-state index contributed by atoms with van der Waals surface area (Å²) < 4.78 is 0.900. The largest absolute Gasteiger partial charge is 0.478 e. The Kier molecular flexibility index (Phi) is 6.79. The van der Waals surface area contributed by atoms with Gasteiger partial charge in [0.1, 0.15) is 0 Å². The fourth-order valence-corrected chi connectivity index (χ4v) is 3.53. The minimum atomic E-state index is -1.13. The summed E-state index contributed by atoms with van der Waals surface area (Å²) >= 11 is 4.86. The van der Waals surface area contributed by atoms with E-state index in [0.29, 0.717) is 5.71 Å². The average molecular weight is 473 g/mol. The third-order valence-electron chi connectivity index (χ3n) is 4.04. The van der Waals surface area contributed by atoms with Gasteiger partial charge in [0, 0.05) is 4.47 Å². The molecule has 1 aromatic heterocycles. The Hall–Kier alpha value is -2.97. The minimum absolute atomic E-state index is 0.000481. The second-order valence-electron chi connectivity index (χ2n) is 6.05. The molecule has 0 aliphatic carbocycles. The number of carbonyl (C=O) groups is 2. The van der Waals surface area contributed by atoms with Crippen molar-refractivity contribution in [2.24, 2.45) is 5.16 Å². The molecule has 0 atom stereocenters. The lowest BCUT2D eigenvalue weighted by molar-refractivity contribution is 0.0697. The number of oxime groups is 1. The molecule has 3 rings (SSSR count). The van der Waals surface area contributed by atoms with Crippen LogP contribution >= 0.6 is 27.3 Å². The maximum atomic E-state index is 12.9. The number of hydrogen-bond acceptors (Lipinski definition) is 5. The van der Waals surface area contributed by atoms with Crippen molar-refractivity contribution in [3.8, 4) is 0 Å². The van der Waals surface area contributed by atoms with E-state index in [2.05, 4.69) is 21.1 Å². The molecule has 1 N–H and O–H groups in total. The average Bonchev–Trinajstić information content (AvgIpc) is 3.26. The maximum Gasteiger partial charge on any atom is 0.440 e. The fraction of sp³-hybridized carbons (Fsp3) is 0.0952. The van der Waals surface area contributed by atoms with E-state index in [0.717, 1.165) is 14.9 Å². The van der Waals surface area contributed by atoms with Gasteiger partial charge in [0.05, 0.1) is 28.4 Å². The van der Waals surface area contributed by atoms with Gasteiger partial charge in [-0.05, 0) is 48.2 Å². The highest BCUT2D eigenvalue weighted by Gasteiger charge is 2.23.